The van der Waals surface area contributed by atoms with Gasteiger partial charge in [0.15, 0.2) is 0 Å². The Balaban J connectivity index is 1.80. The summed E-state index contributed by atoms with van der Waals surface area (Å²) in [4.78, 5) is 10.9. The van der Waals surface area contributed by atoms with E-state index in [1.165, 1.54) is 0 Å². The third-order valence-corrected chi connectivity index (χ3v) is 4.19. The second-order valence-corrected chi connectivity index (χ2v) is 5.79. The van der Waals surface area contributed by atoms with Crippen LogP contribution in [0.5, 0.6) is 0 Å². The number of benzene rings is 1. The molecule has 1 aliphatic rings. The fourth-order valence-corrected chi connectivity index (χ4v) is 2.64. The van der Waals surface area contributed by atoms with Crippen molar-refractivity contribution in [1.82, 2.24) is 9.97 Å². The predicted octanol–water partition coefficient (Wildman–Crippen LogP) is 3.67. The van der Waals surface area contributed by atoms with Gasteiger partial charge in [-0.2, -0.15) is 0 Å². The third-order valence-electron chi connectivity index (χ3n) is 3.45. The SMILES string of the molecule is Cc1ccnc(N2CCOC(c3ccc(Cl)c(Cl)c3)C2)n1. The maximum Gasteiger partial charge on any atom is 0.225 e. The van der Waals surface area contributed by atoms with Crippen LogP contribution in [0.15, 0.2) is 30.5 Å². The molecule has 1 saturated heterocycles. The van der Waals surface area contributed by atoms with Crippen molar-refractivity contribution in [3.05, 3.63) is 51.8 Å². The number of ether oxygens (including phenoxy) is 1. The van der Waals surface area contributed by atoms with E-state index in [4.69, 9.17) is 27.9 Å². The normalized spacial score (nSPS) is 18.8. The first-order valence-electron chi connectivity index (χ1n) is 6.74. The first kappa shape index (κ1) is 14.6. The van der Waals surface area contributed by atoms with E-state index in [9.17, 15) is 0 Å². The largest absolute Gasteiger partial charge is 0.370 e. The van der Waals surface area contributed by atoms with Crippen LogP contribution < -0.4 is 4.90 Å². The van der Waals surface area contributed by atoms with Crippen LogP contribution in [-0.2, 0) is 4.74 Å². The Morgan fingerprint density at radius 2 is 2.10 bits per heavy atom. The Hall–Kier alpha value is -1.36. The maximum absolute atomic E-state index is 6.08. The van der Waals surface area contributed by atoms with Gasteiger partial charge < -0.3 is 9.64 Å². The molecular formula is C15H15Cl2N3O. The Kier molecular flexibility index (Phi) is 4.29. The minimum atomic E-state index is -0.0578. The fraction of sp³-hybridized carbons (Fsp3) is 0.333. The minimum Gasteiger partial charge on any atom is -0.370 e. The molecule has 1 aromatic heterocycles. The molecule has 110 valence electrons. The number of anilines is 1. The van der Waals surface area contributed by atoms with Gasteiger partial charge >= 0.3 is 0 Å². The van der Waals surface area contributed by atoms with Gasteiger partial charge in [0.1, 0.15) is 6.10 Å². The number of hydrogen-bond acceptors (Lipinski definition) is 4. The number of aromatic nitrogens is 2. The van der Waals surface area contributed by atoms with Gasteiger partial charge in [-0.05, 0) is 30.7 Å². The van der Waals surface area contributed by atoms with Gasteiger partial charge in [0.25, 0.3) is 0 Å². The summed E-state index contributed by atoms with van der Waals surface area (Å²) in [5.74, 6) is 0.739. The number of hydrogen-bond donors (Lipinski definition) is 0. The van der Waals surface area contributed by atoms with Crippen LogP contribution in [0, 0.1) is 6.92 Å². The standard InChI is InChI=1S/C15H15Cl2N3O/c1-10-4-5-18-15(19-10)20-6-7-21-14(9-20)11-2-3-12(16)13(17)8-11/h2-5,8,14H,6-7,9H2,1H3. The highest BCUT2D eigenvalue weighted by molar-refractivity contribution is 6.42. The van der Waals surface area contributed by atoms with Gasteiger partial charge in [-0.1, -0.05) is 29.3 Å². The molecule has 0 saturated carbocycles. The molecular weight excluding hydrogens is 309 g/mol. The molecule has 1 fully saturated rings. The monoisotopic (exact) mass is 323 g/mol. The van der Waals surface area contributed by atoms with Crippen LogP contribution in [-0.4, -0.2) is 29.7 Å². The Labute approximate surface area is 133 Å². The van der Waals surface area contributed by atoms with Crippen molar-refractivity contribution in [1.29, 1.82) is 0 Å². The summed E-state index contributed by atoms with van der Waals surface area (Å²) in [6, 6.07) is 7.49. The molecule has 3 rings (SSSR count). The van der Waals surface area contributed by atoms with E-state index in [2.05, 4.69) is 14.9 Å². The lowest BCUT2D eigenvalue weighted by molar-refractivity contribution is 0.0392. The Morgan fingerprint density at radius 1 is 1.24 bits per heavy atom. The molecule has 0 N–H and O–H groups in total. The molecule has 1 aliphatic heterocycles. The summed E-state index contributed by atoms with van der Waals surface area (Å²) in [6.07, 6.45) is 1.72. The molecule has 4 nitrogen and oxygen atoms in total. The zero-order valence-electron chi connectivity index (χ0n) is 11.6. The topological polar surface area (TPSA) is 38.2 Å². The van der Waals surface area contributed by atoms with Crippen molar-refractivity contribution < 1.29 is 4.74 Å². The van der Waals surface area contributed by atoms with Crippen LogP contribution >= 0.6 is 23.2 Å². The molecule has 1 unspecified atom stereocenters. The van der Waals surface area contributed by atoms with Gasteiger partial charge in [-0.25, -0.2) is 9.97 Å². The molecule has 0 bridgehead atoms. The van der Waals surface area contributed by atoms with E-state index in [-0.39, 0.29) is 6.10 Å². The molecule has 2 heterocycles. The summed E-state index contributed by atoms with van der Waals surface area (Å²) in [5, 5.41) is 1.09. The molecule has 1 atom stereocenters. The summed E-state index contributed by atoms with van der Waals surface area (Å²) in [7, 11) is 0. The van der Waals surface area contributed by atoms with Crippen molar-refractivity contribution in [3.8, 4) is 0 Å². The predicted molar refractivity (Wildman–Crippen MR) is 84.1 cm³/mol. The van der Waals surface area contributed by atoms with Crippen LogP contribution in [0.3, 0.4) is 0 Å². The smallest absolute Gasteiger partial charge is 0.225 e. The zero-order valence-corrected chi connectivity index (χ0v) is 13.1. The van der Waals surface area contributed by atoms with Crippen LogP contribution in [0.2, 0.25) is 10.0 Å². The number of halogens is 2. The van der Waals surface area contributed by atoms with Crippen LogP contribution in [0.25, 0.3) is 0 Å². The number of morpholine rings is 1. The Morgan fingerprint density at radius 3 is 2.86 bits per heavy atom. The quantitative estimate of drug-likeness (QED) is 0.845. The van der Waals surface area contributed by atoms with E-state index in [0.29, 0.717) is 23.2 Å². The number of nitrogens with zero attached hydrogens (tertiary/aromatic N) is 3. The highest BCUT2D eigenvalue weighted by atomic mass is 35.5. The molecule has 6 heteroatoms. The fourth-order valence-electron chi connectivity index (χ4n) is 2.33. The lowest BCUT2D eigenvalue weighted by Crippen LogP contribution is -2.39. The summed E-state index contributed by atoms with van der Waals surface area (Å²) in [6.45, 7) is 4.06. The maximum atomic E-state index is 6.08. The van der Waals surface area contributed by atoms with Crippen LogP contribution in [0.1, 0.15) is 17.4 Å². The van der Waals surface area contributed by atoms with Gasteiger partial charge in [0.2, 0.25) is 5.95 Å². The van der Waals surface area contributed by atoms with Crippen molar-refractivity contribution >= 4 is 29.2 Å². The average molecular weight is 324 g/mol. The highest BCUT2D eigenvalue weighted by Crippen LogP contribution is 2.29. The number of aryl methyl sites for hydroxylation is 1. The van der Waals surface area contributed by atoms with E-state index in [0.717, 1.165) is 23.8 Å². The first-order valence-corrected chi connectivity index (χ1v) is 7.50. The lowest BCUT2D eigenvalue weighted by atomic mass is 10.1. The first-order chi connectivity index (χ1) is 10.1. The third kappa shape index (κ3) is 3.28. The molecule has 0 spiro atoms. The highest BCUT2D eigenvalue weighted by Gasteiger charge is 2.24. The molecule has 0 amide bonds. The Bertz CT molecular complexity index is 651. The second-order valence-electron chi connectivity index (χ2n) is 4.98. The van der Waals surface area contributed by atoms with Gasteiger partial charge in [-0.15, -0.1) is 0 Å². The summed E-state index contributed by atoms with van der Waals surface area (Å²) in [5.41, 5.74) is 1.97. The minimum absolute atomic E-state index is 0.0578. The van der Waals surface area contributed by atoms with E-state index in [1.54, 1.807) is 12.3 Å². The summed E-state index contributed by atoms with van der Waals surface area (Å²) < 4.78 is 5.84. The molecule has 0 aliphatic carbocycles. The zero-order chi connectivity index (χ0) is 14.8. The second kappa shape index (κ2) is 6.18. The molecule has 21 heavy (non-hydrogen) atoms. The average Bonchev–Trinajstić information content (AvgIpc) is 2.50. The van der Waals surface area contributed by atoms with Gasteiger partial charge in [0, 0.05) is 18.4 Å². The van der Waals surface area contributed by atoms with Gasteiger partial charge in [-0.3, -0.25) is 0 Å². The summed E-state index contributed by atoms with van der Waals surface area (Å²) >= 11 is 12.0. The molecule has 0 radical (unpaired) electrons. The molecule has 1 aromatic carbocycles. The van der Waals surface area contributed by atoms with Gasteiger partial charge in [0.05, 0.1) is 23.2 Å². The number of rotatable bonds is 2. The molecule has 2 aromatic rings. The lowest BCUT2D eigenvalue weighted by Gasteiger charge is -2.33. The van der Waals surface area contributed by atoms with Crippen LogP contribution in [0.4, 0.5) is 5.95 Å². The van der Waals surface area contributed by atoms with E-state index >= 15 is 0 Å². The van der Waals surface area contributed by atoms with E-state index in [1.807, 2.05) is 25.1 Å². The van der Waals surface area contributed by atoms with Crippen molar-refractivity contribution in [2.24, 2.45) is 0 Å². The van der Waals surface area contributed by atoms with Crippen molar-refractivity contribution in [2.75, 3.05) is 24.6 Å². The van der Waals surface area contributed by atoms with Crippen molar-refractivity contribution in [3.63, 3.8) is 0 Å². The van der Waals surface area contributed by atoms with E-state index < -0.39 is 0 Å². The van der Waals surface area contributed by atoms with Crippen molar-refractivity contribution in [2.45, 2.75) is 13.0 Å².